The van der Waals surface area contributed by atoms with E-state index in [-0.39, 0.29) is 11.3 Å². The van der Waals surface area contributed by atoms with Crippen LogP contribution in [-0.4, -0.2) is 30.9 Å². The molecule has 0 heterocycles. The van der Waals surface area contributed by atoms with Gasteiger partial charge in [0, 0.05) is 13.1 Å². The Morgan fingerprint density at radius 1 is 1.29 bits per heavy atom. The van der Waals surface area contributed by atoms with Crippen molar-refractivity contribution < 1.29 is 4.79 Å². The standard InChI is InChI=1S/C17H25N3O/c1-17(2,3)15-8-6-14(7-9-15)12-20(4)13-16(21)19-11-5-10-18/h6-9H,5,11-13H2,1-4H3,(H,19,21). The minimum absolute atomic E-state index is 0.0425. The van der Waals surface area contributed by atoms with Crippen LogP contribution < -0.4 is 5.32 Å². The molecule has 4 heteroatoms. The third-order valence-corrected chi connectivity index (χ3v) is 3.24. The molecule has 4 nitrogen and oxygen atoms in total. The number of nitrogens with zero attached hydrogens (tertiary/aromatic N) is 2. The van der Waals surface area contributed by atoms with Crippen LogP contribution in [0.4, 0.5) is 0 Å². The van der Waals surface area contributed by atoms with Crippen LogP contribution >= 0.6 is 0 Å². The zero-order valence-corrected chi connectivity index (χ0v) is 13.4. The highest BCUT2D eigenvalue weighted by atomic mass is 16.2. The Hall–Kier alpha value is -1.86. The second-order valence-corrected chi connectivity index (χ2v) is 6.38. The van der Waals surface area contributed by atoms with Gasteiger partial charge in [0.1, 0.15) is 0 Å². The normalized spacial score (nSPS) is 11.2. The van der Waals surface area contributed by atoms with Crippen molar-refractivity contribution in [3.05, 3.63) is 35.4 Å². The third-order valence-electron chi connectivity index (χ3n) is 3.24. The molecule has 0 aliphatic rings. The summed E-state index contributed by atoms with van der Waals surface area (Å²) in [6.45, 7) is 8.07. The molecule has 0 atom stereocenters. The predicted octanol–water partition coefficient (Wildman–Crippen LogP) is 2.45. The Kier molecular flexibility index (Phi) is 6.39. The molecule has 21 heavy (non-hydrogen) atoms. The average Bonchev–Trinajstić information content (AvgIpc) is 2.38. The summed E-state index contributed by atoms with van der Waals surface area (Å²) < 4.78 is 0. The number of likely N-dealkylation sites (N-methyl/N-ethyl adjacent to an activating group) is 1. The number of hydrogen-bond acceptors (Lipinski definition) is 3. The van der Waals surface area contributed by atoms with Gasteiger partial charge in [-0.25, -0.2) is 0 Å². The molecule has 0 fully saturated rings. The third kappa shape index (κ3) is 6.42. The summed E-state index contributed by atoms with van der Waals surface area (Å²) in [6, 6.07) is 10.5. The highest BCUT2D eigenvalue weighted by Gasteiger charge is 2.13. The number of carbonyl (C=O) groups is 1. The van der Waals surface area contributed by atoms with Crippen molar-refractivity contribution in [2.45, 2.75) is 39.2 Å². The van der Waals surface area contributed by atoms with Crippen molar-refractivity contribution in [1.82, 2.24) is 10.2 Å². The molecule has 0 bridgehead atoms. The lowest BCUT2D eigenvalue weighted by Gasteiger charge is -2.20. The first-order valence-electron chi connectivity index (χ1n) is 7.24. The number of hydrogen-bond donors (Lipinski definition) is 1. The highest BCUT2D eigenvalue weighted by Crippen LogP contribution is 2.22. The lowest BCUT2D eigenvalue weighted by atomic mass is 9.87. The van der Waals surface area contributed by atoms with E-state index in [9.17, 15) is 4.79 Å². The van der Waals surface area contributed by atoms with Crippen LogP contribution in [0.1, 0.15) is 38.3 Å². The molecule has 1 rings (SSSR count). The summed E-state index contributed by atoms with van der Waals surface area (Å²) in [6.07, 6.45) is 0.351. The molecule has 0 unspecified atom stereocenters. The van der Waals surface area contributed by atoms with E-state index in [0.717, 1.165) is 6.54 Å². The summed E-state index contributed by atoms with van der Waals surface area (Å²) in [5.41, 5.74) is 2.66. The van der Waals surface area contributed by atoms with Crippen LogP contribution in [0, 0.1) is 11.3 Å². The summed E-state index contributed by atoms with van der Waals surface area (Å²) in [4.78, 5) is 13.6. The Morgan fingerprint density at radius 3 is 2.43 bits per heavy atom. The molecule has 0 aliphatic carbocycles. The van der Waals surface area contributed by atoms with Crippen LogP contribution in [0.25, 0.3) is 0 Å². The molecule has 1 N–H and O–H groups in total. The first-order valence-corrected chi connectivity index (χ1v) is 7.24. The van der Waals surface area contributed by atoms with Crippen LogP contribution in [0.15, 0.2) is 24.3 Å². The van der Waals surface area contributed by atoms with E-state index in [2.05, 4.69) is 50.4 Å². The van der Waals surface area contributed by atoms with Gasteiger partial charge in [0.2, 0.25) is 5.91 Å². The van der Waals surface area contributed by atoms with E-state index < -0.39 is 0 Å². The molecule has 0 aliphatic heterocycles. The molecule has 1 aromatic rings. The topological polar surface area (TPSA) is 56.1 Å². The van der Waals surface area contributed by atoms with E-state index in [1.54, 1.807) is 0 Å². The Labute approximate surface area is 127 Å². The maximum atomic E-state index is 11.6. The lowest BCUT2D eigenvalue weighted by Crippen LogP contribution is -2.35. The summed E-state index contributed by atoms with van der Waals surface area (Å²) in [7, 11) is 1.92. The maximum absolute atomic E-state index is 11.6. The van der Waals surface area contributed by atoms with E-state index in [4.69, 9.17) is 5.26 Å². The molecule has 0 aromatic heterocycles. The Bertz CT molecular complexity index is 494. The number of nitrogens with one attached hydrogen (secondary N) is 1. The smallest absolute Gasteiger partial charge is 0.234 e. The van der Waals surface area contributed by atoms with Gasteiger partial charge >= 0.3 is 0 Å². The number of carbonyl (C=O) groups excluding carboxylic acids is 1. The zero-order chi connectivity index (χ0) is 15.9. The minimum Gasteiger partial charge on any atom is -0.354 e. The molecule has 1 amide bonds. The van der Waals surface area contributed by atoms with E-state index in [1.807, 2.05) is 18.0 Å². The SMILES string of the molecule is CN(CC(=O)NCCC#N)Cc1ccc(C(C)(C)C)cc1. The predicted molar refractivity (Wildman–Crippen MR) is 84.7 cm³/mol. The quantitative estimate of drug-likeness (QED) is 0.818. The zero-order valence-electron chi connectivity index (χ0n) is 13.4. The fourth-order valence-corrected chi connectivity index (χ4v) is 2.04. The first-order chi connectivity index (χ1) is 9.82. The summed E-state index contributed by atoms with van der Waals surface area (Å²) in [5.74, 6) is -0.0425. The fourth-order valence-electron chi connectivity index (χ4n) is 2.04. The average molecular weight is 287 g/mol. The van der Waals surface area contributed by atoms with Gasteiger partial charge in [0.25, 0.3) is 0 Å². The van der Waals surface area contributed by atoms with Crippen molar-refractivity contribution in [1.29, 1.82) is 5.26 Å². The van der Waals surface area contributed by atoms with E-state index in [1.165, 1.54) is 11.1 Å². The van der Waals surface area contributed by atoms with Crippen molar-refractivity contribution in [2.24, 2.45) is 0 Å². The van der Waals surface area contributed by atoms with Gasteiger partial charge in [-0.05, 0) is 23.6 Å². The largest absolute Gasteiger partial charge is 0.354 e. The van der Waals surface area contributed by atoms with Crippen LogP contribution in [0.3, 0.4) is 0 Å². The molecule has 0 spiro atoms. The lowest BCUT2D eigenvalue weighted by molar-refractivity contribution is -0.122. The molecule has 0 saturated carbocycles. The molecule has 0 saturated heterocycles. The van der Waals surface area contributed by atoms with Gasteiger partial charge in [-0.2, -0.15) is 5.26 Å². The number of nitriles is 1. The van der Waals surface area contributed by atoms with Crippen molar-refractivity contribution >= 4 is 5.91 Å². The van der Waals surface area contributed by atoms with Gasteiger partial charge in [-0.1, -0.05) is 45.0 Å². The second kappa shape index (κ2) is 7.80. The minimum atomic E-state index is -0.0425. The molecular weight excluding hydrogens is 262 g/mol. The fraction of sp³-hybridized carbons (Fsp3) is 0.529. The van der Waals surface area contributed by atoms with Crippen LogP contribution in [0.5, 0.6) is 0 Å². The monoisotopic (exact) mass is 287 g/mol. The molecular formula is C17H25N3O. The molecule has 114 valence electrons. The van der Waals surface area contributed by atoms with Crippen molar-refractivity contribution in [3.63, 3.8) is 0 Å². The highest BCUT2D eigenvalue weighted by molar-refractivity contribution is 5.77. The summed E-state index contributed by atoms with van der Waals surface area (Å²) in [5, 5.41) is 11.1. The van der Waals surface area contributed by atoms with Gasteiger partial charge < -0.3 is 5.32 Å². The number of benzene rings is 1. The summed E-state index contributed by atoms with van der Waals surface area (Å²) >= 11 is 0. The first kappa shape index (κ1) is 17.2. The number of amides is 1. The van der Waals surface area contributed by atoms with E-state index >= 15 is 0 Å². The molecule has 0 radical (unpaired) electrons. The second-order valence-electron chi connectivity index (χ2n) is 6.38. The number of rotatable bonds is 6. The maximum Gasteiger partial charge on any atom is 0.234 e. The van der Waals surface area contributed by atoms with Crippen molar-refractivity contribution in [3.8, 4) is 6.07 Å². The van der Waals surface area contributed by atoms with Gasteiger partial charge in [0.05, 0.1) is 19.0 Å². The van der Waals surface area contributed by atoms with Gasteiger partial charge in [-0.3, -0.25) is 9.69 Å². The Balaban J connectivity index is 2.46. The van der Waals surface area contributed by atoms with Crippen molar-refractivity contribution in [2.75, 3.05) is 20.1 Å². The molecule has 1 aromatic carbocycles. The van der Waals surface area contributed by atoms with E-state index in [0.29, 0.717) is 19.5 Å². The van der Waals surface area contributed by atoms with Gasteiger partial charge in [-0.15, -0.1) is 0 Å². The van der Waals surface area contributed by atoms with Crippen LogP contribution in [0.2, 0.25) is 0 Å². The van der Waals surface area contributed by atoms with Crippen LogP contribution in [-0.2, 0) is 16.8 Å². The van der Waals surface area contributed by atoms with Gasteiger partial charge in [0.15, 0.2) is 0 Å². The Morgan fingerprint density at radius 2 is 1.90 bits per heavy atom.